The zero-order chi connectivity index (χ0) is 17.3. The lowest BCUT2D eigenvalue weighted by Crippen LogP contribution is -2.14. The Morgan fingerprint density at radius 1 is 1.25 bits per heavy atom. The molecule has 3 rings (SSSR count). The van der Waals surface area contributed by atoms with Crippen LogP contribution in [0.4, 0.5) is 5.69 Å². The second-order valence-electron chi connectivity index (χ2n) is 4.74. The van der Waals surface area contributed by atoms with E-state index in [4.69, 9.17) is 4.42 Å². The third kappa shape index (κ3) is 2.77. The van der Waals surface area contributed by atoms with E-state index in [-0.39, 0.29) is 11.4 Å². The molecule has 0 aliphatic carbocycles. The Kier molecular flexibility index (Phi) is 3.66. The minimum absolute atomic E-state index is 0.143. The highest BCUT2D eigenvalue weighted by molar-refractivity contribution is 5.80. The van der Waals surface area contributed by atoms with E-state index >= 15 is 0 Å². The molecular weight excluding hydrogens is 318 g/mol. The van der Waals surface area contributed by atoms with E-state index in [0.717, 1.165) is 0 Å². The molecule has 0 fully saturated rings. The summed E-state index contributed by atoms with van der Waals surface area (Å²) in [5.41, 5.74) is -2.12. The van der Waals surface area contributed by atoms with Crippen molar-refractivity contribution in [2.75, 3.05) is 0 Å². The molecule has 0 bridgehead atoms. The molecule has 2 aromatic heterocycles. The molecule has 0 amide bonds. The van der Waals surface area contributed by atoms with E-state index in [1.165, 1.54) is 12.2 Å². The molecular formula is C15H9N3O6. The van der Waals surface area contributed by atoms with Gasteiger partial charge in [-0.1, -0.05) is 18.2 Å². The van der Waals surface area contributed by atoms with E-state index in [1.807, 2.05) is 0 Å². The molecule has 3 aromatic rings. The van der Waals surface area contributed by atoms with Crippen molar-refractivity contribution in [1.82, 2.24) is 9.97 Å². The average molecular weight is 327 g/mol. The number of aromatic amines is 1. The van der Waals surface area contributed by atoms with E-state index in [1.54, 1.807) is 30.3 Å². The van der Waals surface area contributed by atoms with Crippen molar-refractivity contribution in [3.63, 3.8) is 0 Å². The Bertz CT molecular complexity index is 1100. The van der Waals surface area contributed by atoms with Gasteiger partial charge in [0.2, 0.25) is 0 Å². The first-order chi connectivity index (χ1) is 11.5. The summed E-state index contributed by atoms with van der Waals surface area (Å²) in [7, 11) is 0. The van der Waals surface area contributed by atoms with Crippen molar-refractivity contribution < 1.29 is 14.4 Å². The summed E-state index contributed by atoms with van der Waals surface area (Å²) in [6.45, 7) is 0. The van der Waals surface area contributed by atoms with Crippen LogP contribution < -0.4 is 11.2 Å². The Morgan fingerprint density at radius 3 is 2.71 bits per heavy atom. The topological polar surface area (TPSA) is 139 Å². The zero-order valence-electron chi connectivity index (χ0n) is 11.9. The molecule has 0 radical (unpaired) electrons. The molecule has 0 unspecified atom stereocenters. The monoisotopic (exact) mass is 327 g/mol. The molecule has 120 valence electrons. The Hall–Kier alpha value is -3.75. The number of hydrogen-bond donors (Lipinski definition) is 2. The second-order valence-corrected chi connectivity index (χ2v) is 4.74. The fraction of sp³-hybridized carbons (Fsp3) is 0. The standard InChI is InChI=1S/C15H9N3O6/c19-13-12(18(22)23)14(20)17-11(16-13)6-5-9-7-8-3-1-2-4-10(8)24-15(9)21/h1-7H,(H2,16,17,19,20). The molecule has 9 heteroatoms. The summed E-state index contributed by atoms with van der Waals surface area (Å²) < 4.78 is 5.14. The van der Waals surface area contributed by atoms with Crippen LogP contribution in [0.5, 0.6) is 5.88 Å². The molecule has 9 nitrogen and oxygen atoms in total. The van der Waals surface area contributed by atoms with Gasteiger partial charge in [0.05, 0.1) is 10.5 Å². The van der Waals surface area contributed by atoms with Gasteiger partial charge >= 0.3 is 16.9 Å². The van der Waals surface area contributed by atoms with Crippen LogP contribution in [0, 0.1) is 10.1 Å². The van der Waals surface area contributed by atoms with Gasteiger partial charge in [0.25, 0.3) is 5.88 Å². The number of aromatic nitrogens is 2. The lowest BCUT2D eigenvalue weighted by molar-refractivity contribution is -0.387. The first-order valence-corrected chi connectivity index (χ1v) is 6.64. The number of benzene rings is 1. The maximum atomic E-state index is 11.9. The lowest BCUT2D eigenvalue weighted by Gasteiger charge is -1.98. The van der Waals surface area contributed by atoms with Gasteiger partial charge in [-0.25, -0.2) is 4.79 Å². The molecule has 0 aliphatic rings. The van der Waals surface area contributed by atoms with Crippen molar-refractivity contribution in [3.05, 3.63) is 72.6 Å². The first-order valence-electron chi connectivity index (χ1n) is 6.64. The maximum absolute atomic E-state index is 11.9. The Morgan fingerprint density at radius 2 is 2.00 bits per heavy atom. The number of nitrogens with one attached hydrogen (secondary N) is 1. The molecule has 0 atom stereocenters. The maximum Gasteiger partial charge on any atom is 0.395 e. The average Bonchev–Trinajstić information content (AvgIpc) is 2.51. The van der Waals surface area contributed by atoms with Crippen LogP contribution in [0.3, 0.4) is 0 Å². The fourth-order valence-electron chi connectivity index (χ4n) is 2.08. The van der Waals surface area contributed by atoms with Gasteiger partial charge in [-0.3, -0.25) is 14.9 Å². The van der Waals surface area contributed by atoms with Crippen LogP contribution in [-0.2, 0) is 0 Å². The summed E-state index contributed by atoms with van der Waals surface area (Å²) in [5, 5.41) is 20.8. The largest absolute Gasteiger partial charge is 0.488 e. The van der Waals surface area contributed by atoms with Crippen LogP contribution in [0.2, 0.25) is 0 Å². The number of aromatic hydroxyl groups is 1. The van der Waals surface area contributed by atoms with Crippen molar-refractivity contribution >= 4 is 28.8 Å². The van der Waals surface area contributed by atoms with Crippen molar-refractivity contribution in [2.24, 2.45) is 0 Å². The van der Waals surface area contributed by atoms with Crippen LogP contribution in [0.15, 0.2) is 44.3 Å². The van der Waals surface area contributed by atoms with Gasteiger partial charge < -0.3 is 14.5 Å². The second kappa shape index (κ2) is 5.80. The van der Waals surface area contributed by atoms with E-state index in [2.05, 4.69) is 9.97 Å². The number of nitrogens with zero attached hydrogens (tertiary/aromatic N) is 2. The minimum atomic E-state index is -1.10. The van der Waals surface area contributed by atoms with Crippen LogP contribution in [0.25, 0.3) is 23.1 Å². The van der Waals surface area contributed by atoms with Gasteiger partial charge in [0, 0.05) is 5.39 Å². The van der Waals surface area contributed by atoms with Crippen molar-refractivity contribution in [3.8, 4) is 5.88 Å². The van der Waals surface area contributed by atoms with Gasteiger partial charge in [0.15, 0.2) is 0 Å². The summed E-state index contributed by atoms with van der Waals surface area (Å²) >= 11 is 0. The molecule has 2 N–H and O–H groups in total. The molecule has 24 heavy (non-hydrogen) atoms. The van der Waals surface area contributed by atoms with Crippen molar-refractivity contribution in [2.45, 2.75) is 0 Å². The Balaban J connectivity index is 2.03. The number of rotatable bonds is 3. The molecule has 1 aromatic carbocycles. The van der Waals surface area contributed by atoms with Gasteiger partial charge in [0.1, 0.15) is 11.4 Å². The highest BCUT2D eigenvalue weighted by Crippen LogP contribution is 2.18. The third-order valence-corrected chi connectivity index (χ3v) is 3.17. The number of H-pyrrole nitrogens is 1. The van der Waals surface area contributed by atoms with E-state index in [0.29, 0.717) is 11.0 Å². The van der Waals surface area contributed by atoms with Gasteiger partial charge in [-0.2, -0.15) is 4.98 Å². The van der Waals surface area contributed by atoms with Gasteiger partial charge in [-0.05, 0) is 24.3 Å². The normalized spacial score (nSPS) is 11.2. The molecule has 0 spiro atoms. The summed E-state index contributed by atoms with van der Waals surface area (Å²) in [6, 6.07) is 8.50. The number of fused-ring (bicyclic) bond motifs is 1. The highest BCUT2D eigenvalue weighted by atomic mass is 16.6. The highest BCUT2D eigenvalue weighted by Gasteiger charge is 2.21. The number of nitro groups is 1. The molecule has 0 saturated carbocycles. The van der Waals surface area contributed by atoms with Crippen molar-refractivity contribution in [1.29, 1.82) is 0 Å². The lowest BCUT2D eigenvalue weighted by atomic mass is 10.2. The predicted octanol–water partition coefficient (Wildman–Crippen LogP) is 1.66. The van der Waals surface area contributed by atoms with E-state index in [9.17, 15) is 24.8 Å². The van der Waals surface area contributed by atoms with Crippen LogP contribution in [0.1, 0.15) is 11.4 Å². The van der Waals surface area contributed by atoms with Crippen LogP contribution in [-0.4, -0.2) is 20.0 Å². The van der Waals surface area contributed by atoms with E-state index < -0.39 is 27.7 Å². The Labute approximate surface area is 132 Å². The quantitative estimate of drug-likeness (QED) is 0.423. The number of para-hydroxylation sites is 1. The molecule has 0 aliphatic heterocycles. The fourth-order valence-corrected chi connectivity index (χ4v) is 2.08. The first kappa shape index (κ1) is 15.2. The third-order valence-electron chi connectivity index (χ3n) is 3.17. The van der Waals surface area contributed by atoms with Crippen LogP contribution >= 0.6 is 0 Å². The SMILES string of the molecule is O=c1[nH]c(C=Cc2cc3ccccc3oc2=O)nc(O)c1[N+](=O)[O-]. The predicted molar refractivity (Wildman–Crippen MR) is 84.6 cm³/mol. The zero-order valence-corrected chi connectivity index (χ0v) is 11.9. The minimum Gasteiger partial charge on any atom is -0.488 e. The van der Waals surface area contributed by atoms with Gasteiger partial charge in [-0.15, -0.1) is 0 Å². The smallest absolute Gasteiger partial charge is 0.395 e. The summed E-state index contributed by atoms with van der Waals surface area (Å²) in [4.78, 5) is 38.6. The molecule has 0 saturated heterocycles. The number of hydrogen-bond acceptors (Lipinski definition) is 7. The summed E-state index contributed by atoms with van der Waals surface area (Å²) in [5.74, 6) is -1.15. The summed E-state index contributed by atoms with van der Waals surface area (Å²) in [6.07, 6.45) is 2.55. The molecule has 2 heterocycles.